The molecule has 8 heteroatoms. The van der Waals surface area contributed by atoms with Crippen LogP contribution >= 0.6 is 0 Å². The van der Waals surface area contributed by atoms with Crippen molar-refractivity contribution < 1.29 is 14.3 Å². The number of aromatic nitrogens is 4. The maximum absolute atomic E-state index is 12.8. The number of hydrogen-bond donors (Lipinski definition) is 1. The average molecular weight is 429 g/mol. The molecule has 2 aromatic heterocycles. The van der Waals surface area contributed by atoms with Gasteiger partial charge < -0.3 is 19.4 Å². The highest BCUT2D eigenvalue weighted by atomic mass is 16.5. The molecule has 0 saturated carbocycles. The van der Waals surface area contributed by atoms with Gasteiger partial charge >= 0.3 is 0 Å². The highest BCUT2D eigenvalue weighted by Gasteiger charge is 2.26. The molecule has 5 rings (SSSR count). The van der Waals surface area contributed by atoms with E-state index >= 15 is 0 Å². The molecule has 32 heavy (non-hydrogen) atoms. The molecular weight excluding hydrogens is 406 g/mol. The lowest BCUT2D eigenvalue weighted by molar-refractivity contribution is 0.103. The highest BCUT2D eigenvalue weighted by Crippen LogP contribution is 2.31. The molecule has 1 atom stereocenters. The van der Waals surface area contributed by atoms with Crippen molar-refractivity contribution in [1.29, 1.82) is 0 Å². The lowest BCUT2D eigenvalue weighted by Crippen LogP contribution is -2.22. The summed E-state index contributed by atoms with van der Waals surface area (Å²) in [7, 11) is 1.72. The van der Waals surface area contributed by atoms with E-state index in [1.807, 2.05) is 24.3 Å². The first kappa shape index (κ1) is 20.1. The van der Waals surface area contributed by atoms with Crippen LogP contribution < -0.4 is 9.64 Å². The number of benzene rings is 2. The van der Waals surface area contributed by atoms with Gasteiger partial charge in [-0.25, -0.2) is 15.0 Å². The molecule has 1 aliphatic rings. The van der Waals surface area contributed by atoms with E-state index in [0.29, 0.717) is 34.8 Å². The summed E-state index contributed by atoms with van der Waals surface area (Å²) in [4.78, 5) is 31.3. The van der Waals surface area contributed by atoms with Crippen molar-refractivity contribution in [3.8, 4) is 11.6 Å². The van der Waals surface area contributed by atoms with Crippen molar-refractivity contribution in [3.63, 3.8) is 0 Å². The Balaban J connectivity index is 1.32. The zero-order chi connectivity index (χ0) is 21.9. The number of ether oxygens (including phenoxy) is 2. The summed E-state index contributed by atoms with van der Waals surface area (Å²) < 4.78 is 11.3. The summed E-state index contributed by atoms with van der Waals surface area (Å²) in [6, 6.07) is 14.5. The number of methoxy groups -OCH3 is 1. The number of fused-ring (bicyclic) bond motifs is 1. The molecular formula is C24H23N5O3. The molecule has 0 bridgehead atoms. The van der Waals surface area contributed by atoms with E-state index in [1.165, 1.54) is 0 Å². The topological polar surface area (TPSA) is 93.2 Å². The van der Waals surface area contributed by atoms with Gasteiger partial charge in [-0.1, -0.05) is 12.1 Å². The smallest absolute Gasteiger partial charge is 0.263 e. The average Bonchev–Trinajstić information content (AvgIpc) is 3.47. The minimum atomic E-state index is -0.172. The number of para-hydroxylation sites is 2. The normalized spacial score (nSPS) is 15.9. The molecule has 1 N–H and O–H groups in total. The van der Waals surface area contributed by atoms with E-state index in [9.17, 15) is 4.79 Å². The molecule has 162 valence electrons. The number of rotatable bonds is 7. The van der Waals surface area contributed by atoms with Crippen LogP contribution in [0.25, 0.3) is 11.0 Å². The first-order valence-corrected chi connectivity index (χ1v) is 10.5. The minimum Gasteiger partial charge on any atom is -0.436 e. The summed E-state index contributed by atoms with van der Waals surface area (Å²) in [5.74, 6) is 2.36. The van der Waals surface area contributed by atoms with Crippen LogP contribution in [0.5, 0.6) is 11.6 Å². The molecule has 8 nitrogen and oxygen atoms in total. The number of anilines is 1. The Morgan fingerprint density at radius 1 is 1.12 bits per heavy atom. The van der Waals surface area contributed by atoms with Crippen LogP contribution in [-0.2, 0) is 4.74 Å². The van der Waals surface area contributed by atoms with Crippen LogP contribution in [0.3, 0.4) is 0 Å². The van der Waals surface area contributed by atoms with E-state index in [4.69, 9.17) is 9.47 Å². The van der Waals surface area contributed by atoms with E-state index in [-0.39, 0.29) is 5.78 Å². The second-order valence-electron chi connectivity index (χ2n) is 7.80. The maximum Gasteiger partial charge on any atom is 0.263 e. The zero-order valence-corrected chi connectivity index (χ0v) is 17.7. The number of aromatic amines is 1. The second kappa shape index (κ2) is 8.76. The summed E-state index contributed by atoms with van der Waals surface area (Å²) in [5, 5.41) is 0. The number of imidazole rings is 1. The van der Waals surface area contributed by atoms with E-state index in [2.05, 4.69) is 24.8 Å². The fourth-order valence-electron chi connectivity index (χ4n) is 3.99. The fraction of sp³-hybridized carbons (Fsp3) is 0.250. The number of hydrogen-bond acceptors (Lipinski definition) is 7. The monoisotopic (exact) mass is 429 g/mol. The van der Waals surface area contributed by atoms with Crippen LogP contribution in [0.15, 0.2) is 60.9 Å². The van der Waals surface area contributed by atoms with Gasteiger partial charge in [0.05, 0.1) is 17.6 Å². The predicted molar refractivity (Wildman–Crippen MR) is 120 cm³/mol. The Morgan fingerprint density at radius 2 is 1.94 bits per heavy atom. The SMILES string of the molecule is COC[C@H]1CCN(c2nccnc2Oc2ccc(C(=O)c3nc4ccccc4[nH]3)cc2)C1. The van der Waals surface area contributed by atoms with E-state index in [0.717, 1.165) is 37.2 Å². The van der Waals surface area contributed by atoms with E-state index < -0.39 is 0 Å². The van der Waals surface area contributed by atoms with Crippen LogP contribution in [0.1, 0.15) is 22.6 Å². The molecule has 3 heterocycles. The number of nitrogens with zero attached hydrogens (tertiary/aromatic N) is 4. The van der Waals surface area contributed by atoms with Gasteiger partial charge in [-0.15, -0.1) is 0 Å². The molecule has 1 saturated heterocycles. The quantitative estimate of drug-likeness (QED) is 0.446. The van der Waals surface area contributed by atoms with Gasteiger partial charge in [0.15, 0.2) is 11.6 Å². The number of nitrogens with one attached hydrogen (secondary N) is 1. The van der Waals surface area contributed by atoms with Crippen LogP contribution in [0, 0.1) is 5.92 Å². The predicted octanol–water partition coefficient (Wildman–Crippen LogP) is 3.85. The standard InChI is InChI=1S/C24H23N5O3/c1-31-15-16-10-13-29(14-16)23-24(26-12-11-25-23)32-18-8-6-17(7-9-18)21(30)22-27-19-4-2-3-5-20(19)28-22/h2-9,11-12,16H,10,13-15H2,1H3,(H,27,28)/t16-/m0/s1. The third-order valence-corrected chi connectivity index (χ3v) is 5.57. The third-order valence-electron chi connectivity index (χ3n) is 5.57. The van der Waals surface area contributed by atoms with E-state index in [1.54, 1.807) is 43.8 Å². The van der Waals surface area contributed by atoms with Crippen molar-refractivity contribution in [2.24, 2.45) is 5.92 Å². The van der Waals surface area contributed by atoms with Gasteiger partial charge in [0.2, 0.25) is 5.78 Å². The first-order valence-electron chi connectivity index (χ1n) is 10.5. The van der Waals surface area contributed by atoms with Crippen molar-refractivity contribution in [3.05, 3.63) is 72.3 Å². The summed E-state index contributed by atoms with van der Waals surface area (Å²) in [5.41, 5.74) is 2.12. The van der Waals surface area contributed by atoms with Gasteiger partial charge in [-0.2, -0.15) is 0 Å². The molecule has 0 aliphatic carbocycles. The summed E-state index contributed by atoms with van der Waals surface area (Å²) >= 11 is 0. The highest BCUT2D eigenvalue weighted by molar-refractivity contribution is 6.08. The second-order valence-corrected chi connectivity index (χ2v) is 7.80. The first-order chi connectivity index (χ1) is 15.7. The van der Waals surface area contributed by atoms with Gasteiger partial charge in [0, 0.05) is 44.1 Å². The number of ketones is 1. The van der Waals surface area contributed by atoms with Gasteiger partial charge in [0.1, 0.15) is 5.75 Å². The molecule has 1 fully saturated rings. The molecule has 0 amide bonds. The minimum absolute atomic E-state index is 0.172. The van der Waals surface area contributed by atoms with Gasteiger partial charge in [-0.3, -0.25) is 4.79 Å². The Kier molecular flexibility index (Phi) is 5.51. The van der Waals surface area contributed by atoms with Crippen LogP contribution in [0.4, 0.5) is 5.82 Å². The zero-order valence-electron chi connectivity index (χ0n) is 17.7. The van der Waals surface area contributed by atoms with Crippen LogP contribution in [-0.4, -0.2) is 52.5 Å². The van der Waals surface area contributed by atoms with Crippen LogP contribution in [0.2, 0.25) is 0 Å². The molecule has 4 aromatic rings. The Morgan fingerprint density at radius 3 is 2.75 bits per heavy atom. The molecule has 1 aliphatic heterocycles. The molecule has 0 unspecified atom stereocenters. The summed E-state index contributed by atoms with van der Waals surface area (Å²) in [6.45, 7) is 2.47. The lowest BCUT2D eigenvalue weighted by atomic mass is 10.1. The molecule has 0 spiro atoms. The Bertz CT molecular complexity index is 1200. The fourth-order valence-corrected chi connectivity index (χ4v) is 3.99. The molecule has 2 aromatic carbocycles. The van der Waals surface area contributed by atoms with Crippen molar-refractivity contribution in [2.45, 2.75) is 6.42 Å². The van der Waals surface area contributed by atoms with Crippen molar-refractivity contribution >= 4 is 22.6 Å². The number of carbonyl (C=O) groups excluding carboxylic acids is 1. The van der Waals surface area contributed by atoms with Crippen molar-refractivity contribution in [2.75, 3.05) is 31.7 Å². The number of carbonyl (C=O) groups is 1. The Hall–Kier alpha value is -3.78. The van der Waals surface area contributed by atoms with Crippen molar-refractivity contribution in [1.82, 2.24) is 19.9 Å². The number of H-pyrrole nitrogens is 1. The Labute approximate surface area is 185 Å². The van der Waals surface area contributed by atoms with Gasteiger partial charge in [-0.05, 0) is 42.8 Å². The lowest BCUT2D eigenvalue weighted by Gasteiger charge is -2.19. The largest absolute Gasteiger partial charge is 0.436 e. The third kappa shape index (κ3) is 4.04. The molecule has 0 radical (unpaired) electrons. The van der Waals surface area contributed by atoms with Gasteiger partial charge in [0.25, 0.3) is 5.88 Å². The maximum atomic E-state index is 12.8. The summed E-state index contributed by atoms with van der Waals surface area (Å²) in [6.07, 6.45) is 4.32.